The molecule has 0 aromatic rings. The van der Waals surface area contributed by atoms with Crippen LogP contribution >= 0.6 is 0 Å². The molecule has 0 saturated heterocycles. The van der Waals surface area contributed by atoms with Crippen molar-refractivity contribution in [3.8, 4) is 0 Å². The van der Waals surface area contributed by atoms with Gasteiger partial charge in [-0.05, 0) is 12.2 Å². The fourth-order valence-electron chi connectivity index (χ4n) is 0.855. The topological polar surface area (TPSA) is 46.2 Å². The lowest BCUT2D eigenvalue weighted by molar-refractivity contribution is -0.129. The van der Waals surface area contributed by atoms with Gasteiger partial charge in [-0.1, -0.05) is 33.1 Å². The smallest absolute Gasteiger partial charge is 0.231 e. The predicted molar refractivity (Wildman–Crippen MR) is 63.2 cm³/mol. The average molecular weight is 209 g/mol. The van der Waals surface area contributed by atoms with Gasteiger partial charge in [-0.25, -0.2) is 0 Å². The van der Waals surface area contributed by atoms with Gasteiger partial charge in [0.05, 0.1) is 6.42 Å². The van der Waals surface area contributed by atoms with Crippen LogP contribution < -0.4 is 5.32 Å². The van der Waals surface area contributed by atoms with E-state index in [2.05, 4.69) is 18.5 Å². The first-order valence-electron chi connectivity index (χ1n) is 4.79. The fourth-order valence-corrected chi connectivity index (χ4v) is 0.855. The lowest BCUT2D eigenvalue weighted by atomic mass is 10.1. The number of amides is 1. The van der Waals surface area contributed by atoms with E-state index in [-0.39, 0.29) is 25.5 Å². The molecule has 0 fully saturated rings. The van der Waals surface area contributed by atoms with Crippen molar-refractivity contribution < 1.29 is 11.0 Å². The summed E-state index contributed by atoms with van der Waals surface area (Å²) in [6.45, 7) is 10.6. The SMILES string of the molecule is C=C/C=C(\C=C)NC(=O)CC(=O)C(C)C.[HH]. The Morgan fingerprint density at radius 3 is 2.40 bits per heavy atom. The van der Waals surface area contributed by atoms with Crippen LogP contribution in [0.1, 0.15) is 21.7 Å². The van der Waals surface area contributed by atoms with Crippen molar-refractivity contribution in [2.24, 2.45) is 5.92 Å². The molecule has 0 heterocycles. The second-order valence-electron chi connectivity index (χ2n) is 3.41. The molecule has 0 unspecified atom stereocenters. The molecule has 15 heavy (non-hydrogen) atoms. The Kier molecular flexibility index (Phi) is 6.02. The number of carbonyl (C=O) groups excluding carboxylic acids is 2. The lowest BCUT2D eigenvalue weighted by Gasteiger charge is -2.06. The third-order valence-corrected chi connectivity index (χ3v) is 1.78. The number of hydrogen-bond acceptors (Lipinski definition) is 2. The highest BCUT2D eigenvalue weighted by Crippen LogP contribution is 2.00. The molecule has 1 N–H and O–H groups in total. The minimum atomic E-state index is -0.318. The normalized spacial score (nSPS) is 11.0. The molecule has 0 aliphatic rings. The van der Waals surface area contributed by atoms with Crippen molar-refractivity contribution in [3.05, 3.63) is 37.1 Å². The van der Waals surface area contributed by atoms with E-state index < -0.39 is 0 Å². The van der Waals surface area contributed by atoms with E-state index >= 15 is 0 Å². The van der Waals surface area contributed by atoms with E-state index in [0.717, 1.165) is 0 Å². The maximum absolute atomic E-state index is 11.3. The largest absolute Gasteiger partial charge is 0.326 e. The number of nitrogens with one attached hydrogen (secondary N) is 1. The van der Waals surface area contributed by atoms with Crippen LogP contribution in [-0.4, -0.2) is 11.7 Å². The van der Waals surface area contributed by atoms with E-state index in [4.69, 9.17) is 0 Å². The summed E-state index contributed by atoms with van der Waals surface area (Å²) in [5, 5.41) is 2.57. The molecule has 0 aliphatic heterocycles. The Bertz CT molecular complexity index is 306. The molecule has 3 heteroatoms. The Labute approximate surface area is 92.0 Å². The van der Waals surface area contributed by atoms with E-state index in [1.54, 1.807) is 26.0 Å². The summed E-state index contributed by atoms with van der Waals surface area (Å²) in [6, 6.07) is 0. The molecular formula is C12H19NO2. The van der Waals surface area contributed by atoms with Crippen molar-refractivity contribution in [3.63, 3.8) is 0 Å². The monoisotopic (exact) mass is 209 g/mol. The van der Waals surface area contributed by atoms with Crippen LogP contribution in [0.25, 0.3) is 0 Å². The second-order valence-corrected chi connectivity index (χ2v) is 3.41. The van der Waals surface area contributed by atoms with Gasteiger partial charge in [0.25, 0.3) is 0 Å². The molecule has 0 aromatic carbocycles. The summed E-state index contributed by atoms with van der Waals surface area (Å²) in [7, 11) is 0. The van der Waals surface area contributed by atoms with Gasteiger partial charge in [0.15, 0.2) is 0 Å². The Balaban J connectivity index is 0. The van der Waals surface area contributed by atoms with Gasteiger partial charge in [-0.3, -0.25) is 9.59 Å². The van der Waals surface area contributed by atoms with Crippen LogP contribution in [0.5, 0.6) is 0 Å². The summed E-state index contributed by atoms with van der Waals surface area (Å²) < 4.78 is 0. The highest BCUT2D eigenvalue weighted by molar-refractivity contribution is 5.99. The molecule has 0 saturated carbocycles. The molecule has 0 bridgehead atoms. The molecule has 1 amide bonds. The summed E-state index contributed by atoms with van der Waals surface area (Å²) in [6.07, 6.45) is 4.56. The minimum absolute atomic E-state index is 0. The molecule has 0 aliphatic carbocycles. The zero-order valence-corrected chi connectivity index (χ0v) is 9.25. The van der Waals surface area contributed by atoms with Crippen molar-refractivity contribution in [2.75, 3.05) is 0 Å². The number of hydrogen-bond donors (Lipinski definition) is 1. The van der Waals surface area contributed by atoms with Gasteiger partial charge in [0, 0.05) is 13.0 Å². The summed E-state index contributed by atoms with van der Waals surface area (Å²) in [5.41, 5.74) is 0.548. The summed E-state index contributed by atoms with van der Waals surface area (Å²) >= 11 is 0. The van der Waals surface area contributed by atoms with Crippen LogP contribution in [0.2, 0.25) is 0 Å². The number of carbonyl (C=O) groups is 2. The van der Waals surface area contributed by atoms with Gasteiger partial charge in [0.1, 0.15) is 5.78 Å². The van der Waals surface area contributed by atoms with Crippen LogP contribution in [0.4, 0.5) is 0 Å². The predicted octanol–water partition coefficient (Wildman–Crippen LogP) is 2.22. The molecular weight excluding hydrogens is 190 g/mol. The first-order chi connectivity index (χ1) is 7.01. The summed E-state index contributed by atoms with van der Waals surface area (Å²) in [5.74, 6) is -0.512. The third-order valence-electron chi connectivity index (χ3n) is 1.78. The molecule has 0 rings (SSSR count). The standard InChI is InChI=1S/C12H17NO2.H2/c1-5-7-10(6-2)13-12(15)8-11(14)9(3)4;/h5-7,9H,1-2,8H2,3-4H3,(H,13,15);1H/b10-7+;. The van der Waals surface area contributed by atoms with Crippen LogP contribution in [0.15, 0.2) is 37.1 Å². The van der Waals surface area contributed by atoms with Gasteiger partial charge >= 0.3 is 0 Å². The van der Waals surface area contributed by atoms with Gasteiger partial charge in [-0.2, -0.15) is 0 Å². The number of rotatable bonds is 6. The summed E-state index contributed by atoms with van der Waals surface area (Å²) in [4.78, 5) is 22.6. The van der Waals surface area contributed by atoms with E-state index in [9.17, 15) is 9.59 Å². The Hall–Kier alpha value is -1.64. The minimum Gasteiger partial charge on any atom is -0.326 e. The number of Topliss-reactive ketones (excluding diaryl/α,β-unsaturated/α-hetero) is 1. The van der Waals surface area contributed by atoms with E-state index in [1.807, 2.05) is 0 Å². The Morgan fingerprint density at radius 1 is 1.40 bits per heavy atom. The number of ketones is 1. The molecule has 84 valence electrons. The second kappa shape index (κ2) is 6.76. The molecule has 3 nitrogen and oxygen atoms in total. The Morgan fingerprint density at radius 2 is 2.00 bits per heavy atom. The van der Waals surface area contributed by atoms with Crippen LogP contribution in [0.3, 0.4) is 0 Å². The van der Waals surface area contributed by atoms with Crippen LogP contribution in [-0.2, 0) is 9.59 Å². The highest BCUT2D eigenvalue weighted by atomic mass is 16.2. The van der Waals surface area contributed by atoms with Crippen molar-refractivity contribution in [1.29, 1.82) is 0 Å². The van der Waals surface area contributed by atoms with Gasteiger partial charge in [0.2, 0.25) is 5.91 Å². The van der Waals surface area contributed by atoms with Gasteiger partial charge in [-0.15, -0.1) is 0 Å². The third kappa shape index (κ3) is 5.62. The lowest BCUT2D eigenvalue weighted by Crippen LogP contribution is -2.25. The van der Waals surface area contributed by atoms with E-state index in [1.165, 1.54) is 6.08 Å². The maximum Gasteiger partial charge on any atom is 0.231 e. The van der Waals surface area contributed by atoms with Crippen molar-refractivity contribution in [2.45, 2.75) is 20.3 Å². The van der Waals surface area contributed by atoms with Crippen LogP contribution in [0, 0.1) is 5.92 Å². The zero-order chi connectivity index (χ0) is 11.8. The quantitative estimate of drug-likeness (QED) is 0.538. The fraction of sp³-hybridized carbons (Fsp3) is 0.333. The maximum atomic E-state index is 11.3. The van der Waals surface area contributed by atoms with E-state index in [0.29, 0.717) is 5.70 Å². The number of allylic oxidation sites excluding steroid dienone is 3. The van der Waals surface area contributed by atoms with Gasteiger partial charge < -0.3 is 5.32 Å². The molecule has 0 radical (unpaired) electrons. The highest BCUT2D eigenvalue weighted by Gasteiger charge is 2.12. The average Bonchev–Trinajstić information content (AvgIpc) is 2.16. The molecule has 0 spiro atoms. The molecule has 0 atom stereocenters. The molecule has 0 aromatic heterocycles. The van der Waals surface area contributed by atoms with Crippen molar-refractivity contribution >= 4 is 11.7 Å². The zero-order valence-electron chi connectivity index (χ0n) is 9.25. The first kappa shape index (κ1) is 13.4. The first-order valence-corrected chi connectivity index (χ1v) is 4.79. The van der Waals surface area contributed by atoms with Crippen molar-refractivity contribution in [1.82, 2.24) is 5.32 Å².